The van der Waals surface area contributed by atoms with E-state index in [1.54, 1.807) is 27.7 Å². The van der Waals surface area contributed by atoms with Gasteiger partial charge in [-0.1, -0.05) is 65.5 Å². The van der Waals surface area contributed by atoms with Gasteiger partial charge in [0.25, 0.3) is 0 Å². The van der Waals surface area contributed by atoms with Crippen LogP contribution in [-0.2, 0) is 28.5 Å². The predicted molar refractivity (Wildman–Crippen MR) is 183 cm³/mol. The molecule has 0 bridgehead atoms. The number of hydrogen-bond acceptors (Lipinski definition) is 7. The molecule has 7 heteroatoms. The fourth-order valence-electron chi connectivity index (χ4n) is 10.0. The molecule has 3 unspecified atom stereocenters. The van der Waals surface area contributed by atoms with Crippen LogP contribution in [0.2, 0.25) is 0 Å². The van der Waals surface area contributed by atoms with E-state index in [1.165, 1.54) is 56.9 Å². The topological polar surface area (TPSA) is 97.1 Å². The lowest BCUT2D eigenvalue weighted by molar-refractivity contribution is -0.164. The summed E-state index contributed by atoms with van der Waals surface area (Å²) in [7, 11) is 0. The average molecular weight is 646 g/mol. The SMILES string of the molecule is CC(C)CCCC(C)[C@H]1CC[C@H]2[C@@H]3CC=C4C[C@@H](OC(=O)C(C)OCCOCC(N)C(=O)OC(C)(C)C)CC[C@]4(C)[C@H]3CC[C@]12C. The molecule has 0 amide bonds. The van der Waals surface area contributed by atoms with Crippen molar-refractivity contribution < 1.29 is 28.5 Å². The Morgan fingerprint density at radius 2 is 1.70 bits per heavy atom. The van der Waals surface area contributed by atoms with Gasteiger partial charge in [0.05, 0.1) is 19.8 Å². The monoisotopic (exact) mass is 645 g/mol. The average Bonchev–Trinajstić information content (AvgIpc) is 3.33. The standard InChI is InChI=1S/C39H67NO6/c1-25(2)11-10-12-26(3)31-15-16-32-30-14-13-28-23-29(17-19-38(28,8)33(30)18-20-39(31,32)9)45-35(41)27(4)44-22-21-43-24-34(40)36(42)46-37(5,6)7/h13,25-27,29-34H,10-12,14-24,40H2,1-9H3/t26?,27?,29-,30-,31+,32-,33-,34?,38-,39+/m0/s1. The lowest BCUT2D eigenvalue weighted by atomic mass is 9.47. The van der Waals surface area contributed by atoms with E-state index in [0.29, 0.717) is 5.41 Å². The Labute approximate surface area is 280 Å². The van der Waals surface area contributed by atoms with Crippen LogP contribution in [0.25, 0.3) is 0 Å². The summed E-state index contributed by atoms with van der Waals surface area (Å²) in [6.45, 7) is 20.0. The third kappa shape index (κ3) is 8.77. The Morgan fingerprint density at radius 3 is 2.39 bits per heavy atom. The molecule has 2 N–H and O–H groups in total. The zero-order valence-corrected chi connectivity index (χ0v) is 30.7. The van der Waals surface area contributed by atoms with E-state index in [1.807, 2.05) is 0 Å². The Morgan fingerprint density at radius 1 is 0.957 bits per heavy atom. The number of carbonyl (C=O) groups is 2. The van der Waals surface area contributed by atoms with Crippen LogP contribution in [0, 0.1) is 46.3 Å². The van der Waals surface area contributed by atoms with Crippen LogP contribution < -0.4 is 5.73 Å². The highest BCUT2D eigenvalue weighted by Gasteiger charge is 2.59. The van der Waals surface area contributed by atoms with Crippen molar-refractivity contribution in [1.29, 1.82) is 0 Å². The molecule has 0 aliphatic heterocycles. The molecule has 0 saturated heterocycles. The van der Waals surface area contributed by atoms with E-state index in [2.05, 4.69) is 40.7 Å². The van der Waals surface area contributed by atoms with E-state index in [9.17, 15) is 9.59 Å². The maximum atomic E-state index is 12.9. The lowest BCUT2D eigenvalue weighted by Crippen LogP contribution is -2.51. The fourth-order valence-corrected chi connectivity index (χ4v) is 10.0. The van der Waals surface area contributed by atoms with Crippen LogP contribution in [0.15, 0.2) is 11.6 Å². The van der Waals surface area contributed by atoms with Crippen molar-refractivity contribution in [3.8, 4) is 0 Å². The maximum absolute atomic E-state index is 12.9. The minimum absolute atomic E-state index is 0.0348. The normalized spacial score (nSPS) is 34.5. The highest BCUT2D eigenvalue weighted by Crippen LogP contribution is 2.67. The lowest BCUT2D eigenvalue weighted by Gasteiger charge is -2.58. The molecule has 46 heavy (non-hydrogen) atoms. The van der Waals surface area contributed by atoms with Crippen LogP contribution in [0.1, 0.15) is 133 Å². The molecule has 264 valence electrons. The molecule has 0 aromatic heterocycles. The summed E-state index contributed by atoms with van der Waals surface area (Å²) in [6, 6.07) is -0.857. The molecule has 0 heterocycles. The molecule has 0 aromatic rings. The van der Waals surface area contributed by atoms with Crippen LogP contribution >= 0.6 is 0 Å². The number of nitrogens with two attached hydrogens (primary N) is 1. The molecular formula is C39H67NO6. The van der Waals surface area contributed by atoms with Crippen molar-refractivity contribution in [3.05, 3.63) is 11.6 Å². The highest BCUT2D eigenvalue weighted by atomic mass is 16.6. The molecule has 0 radical (unpaired) electrons. The molecule has 4 aliphatic carbocycles. The predicted octanol–water partition coefficient (Wildman–Crippen LogP) is 8.03. The van der Waals surface area contributed by atoms with E-state index in [4.69, 9.17) is 24.7 Å². The van der Waals surface area contributed by atoms with E-state index in [-0.39, 0.29) is 37.3 Å². The number of rotatable bonds is 14. The van der Waals surface area contributed by atoms with Gasteiger partial charge in [-0.2, -0.15) is 0 Å². The summed E-state index contributed by atoms with van der Waals surface area (Å²) < 4.78 is 22.5. The Kier molecular flexibility index (Phi) is 12.5. The number of hydrogen-bond donors (Lipinski definition) is 1. The van der Waals surface area contributed by atoms with Gasteiger partial charge in [-0.15, -0.1) is 0 Å². The molecule has 10 atom stereocenters. The van der Waals surface area contributed by atoms with Crippen molar-refractivity contribution >= 4 is 11.9 Å². The first kappa shape index (κ1) is 37.4. The van der Waals surface area contributed by atoms with E-state index >= 15 is 0 Å². The second-order valence-electron chi connectivity index (χ2n) is 17.3. The molecule has 3 fully saturated rings. The molecule has 0 spiro atoms. The van der Waals surface area contributed by atoms with Crippen molar-refractivity contribution in [2.45, 2.75) is 157 Å². The number of ether oxygens (including phenoxy) is 4. The fraction of sp³-hybridized carbons (Fsp3) is 0.897. The first-order valence-electron chi connectivity index (χ1n) is 18.6. The largest absolute Gasteiger partial charge is 0.460 e. The summed E-state index contributed by atoms with van der Waals surface area (Å²) in [5, 5.41) is 0. The summed E-state index contributed by atoms with van der Waals surface area (Å²) in [6.07, 6.45) is 15.5. The third-order valence-electron chi connectivity index (χ3n) is 12.5. The molecule has 4 aliphatic rings. The zero-order chi connectivity index (χ0) is 33.9. The molecular weight excluding hydrogens is 578 g/mol. The van der Waals surface area contributed by atoms with Gasteiger partial charge in [0.15, 0.2) is 6.10 Å². The Hall–Kier alpha value is -1.44. The molecule has 7 nitrogen and oxygen atoms in total. The molecule has 3 saturated carbocycles. The van der Waals surface area contributed by atoms with Crippen LogP contribution in [0.4, 0.5) is 0 Å². The van der Waals surface area contributed by atoms with Gasteiger partial charge in [-0.25, -0.2) is 4.79 Å². The second-order valence-corrected chi connectivity index (χ2v) is 17.3. The quantitative estimate of drug-likeness (QED) is 0.116. The summed E-state index contributed by atoms with van der Waals surface area (Å²) in [5.74, 6) is 4.11. The minimum Gasteiger partial charge on any atom is -0.460 e. The second kappa shape index (κ2) is 15.4. The van der Waals surface area contributed by atoms with Crippen molar-refractivity contribution in [2.24, 2.45) is 52.1 Å². The van der Waals surface area contributed by atoms with E-state index < -0.39 is 23.7 Å². The van der Waals surface area contributed by atoms with Gasteiger partial charge in [0.2, 0.25) is 0 Å². The van der Waals surface area contributed by atoms with Crippen molar-refractivity contribution in [3.63, 3.8) is 0 Å². The first-order valence-corrected chi connectivity index (χ1v) is 18.6. The van der Waals surface area contributed by atoms with Gasteiger partial charge in [0, 0.05) is 6.42 Å². The van der Waals surface area contributed by atoms with Crippen LogP contribution in [0.3, 0.4) is 0 Å². The minimum atomic E-state index is -0.857. The van der Waals surface area contributed by atoms with Gasteiger partial charge >= 0.3 is 11.9 Å². The third-order valence-corrected chi connectivity index (χ3v) is 12.5. The van der Waals surface area contributed by atoms with Gasteiger partial charge in [0.1, 0.15) is 17.7 Å². The van der Waals surface area contributed by atoms with Crippen LogP contribution in [-0.4, -0.2) is 55.6 Å². The molecule has 4 rings (SSSR count). The Balaban J connectivity index is 1.23. The van der Waals surface area contributed by atoms with E-state index in [0.717, 1.165) is 54.8 Å². The zero-order valence-electron chi connectivity index (χ0n) is 30.7. The summed E-state index contributed by atoms with van der Waals surface area (Å²) in [4.78, 5) is 24.9. The van der Waals surface area contributed by atoms with Crippen LogP contribution in [0.5, 0.6) is 0 Å². The summed E-state index contributed by atoms with van der Waals surface area (Å²) >= 11 is 0. The number of allylic oxidation sites excluding steroid dienone is 1. The maximum Gasteiger partial charge on any atom is 0.335 e. The first-order chi connectivity index (χ1) is 21.5. The molecule has 0 aromatic carbocycles. The number of fused-ring (bicyclic) bond motifs is 5. The highest BCUT2D eigenvalue weighted by molar-refractivity contribution is 5.76. The van der Waals surface area contributed by atoms with Crippen molar-refractivity contribution in [1.82, 2.24) is 0 Å². The number of esters is 2. The summed E-state index contributed by atoms with van der Waals surface area (Å²) in [5.41, 5.74) is 7.52. The Bertz CT molecular complexity index is 1070. The van der Waals surface area contributed by atoms with Gasteiger partial charge in [-0.05, 0) is 119 Å². The smallest absolute Gasteiger partial charge is 0.335 e. The number of carbonyl (C=O) groups excluding carboxylic acids is 2. The van der Waals surface area contributed by atoms with Crippen molar-refractivity contribution in [2.75, 3.05) is 19.8 Å². The van der Waals surface area contributed by atoms with Gasteiger partial charge < -0.3 is 24.7 Å². The van der Waals surface area contributed by atoms with Gasteiger partial charge in [-0.3, -0.25) is 4.79 Å².